The second kappa shape index (κ2) is 30.6. The zero-order chi connectivity index (χ0) is 33.5. The van der Waals surface area contributed by atoms with Crippen LogP contribution in [0.3, 0.4) is 0 Å². The molecule has 0 aliphatic carbocycles. The molecule has 0 N–H and O–H groups in total. The SMILES string of the molecule is COCCOCCOCCOCCOCCOCCOCCOCCOCCCSCCC[Si](C)(O[Si](C)(C)C)O[Si](C)(C)C. The van der Waals surface area contributed by atoms with Gasteiger partial charge in [0.2, 0.25) is 0 Å². The summed E-state index contributed by atoms with van der Waals surface area (Å²) in [6, 6.07) is 1.08. The van der Waals surface area contributed by atoms with Crippen molar-refractivity contribution in [3.05, 3.63) is 0 Å². The molecule has 0 aliphatic heterocycles. The molecule has 0 rings (SSSR count). The molecule has 0 aromatic heterocycles. The minimum absolute atomic E-state index is 0.532. The standard InChI is InChI=1S/C30H68O11SSi3/c1-31-12-13-33-16-17-35-20-21-37-24-25-39-27-26-38-23-22-36-19-18-34-15-14-32-11-9-28-42-29-10-30-45(8,40-43(2,3)4)41-44(5,6)7/h9-30H2,1-8H3. The molecule has 0 spiro atoms. The van der Waals surface area contributed by atoms with Crippen molar-refractivity contribution in [2.75, 3.05) is 131 Å². The molecule has 0 aromatic rings. The van der Waals surface area contributed by atoms with Gasteiger partial charge in [0.25, 0.3) is 0 Å². The summed E-state index contributed by atoms with van der Waals surface area (Å²) in [5.74, 6) is 2.26. The van der Waals surface area contributed by atoms with Gasteiger partial charge in [-0.3, -0.25) is 0 Å². The first-order chi connectivity index (χ1) is 21.5. The lowest BCUT2D eigenvalue weighted by Gasteiger charge is -2.38. The summed E-state index contributed by atoms with van der Waals surface area (Å²) in [5, 5.41) is 0. The van der Waals surface area contributed by atoms with E-state index in [4.69, 9.17) is 50.9 Å². The van der Waals surface area contributed by atoms with Gasteiger partial charge in [-0.25, -0.2) is 0 Å². The highest BCUT2D eigenvalue weighted by atomic mass is 32.2. The topological polar surface area (TPSA) is 102 Å². The molecule has 45 heavy (non-hydrogen) atoms. The van der Waals surface area contributed by atoms with E-state index in [1.807, 2.05) is 11.8 Å². The van der Waals surface area contributed by atoms with Crippen LogP contribution in [0.15, 0.2) is 0 Å². The summed E-state index contributed by atoms with van der Waals surface area (Å²) in [6.07, 6.45) is 2.21. The Hall–Kier alpha value is 0.561. The Morgan fingerprint density at radius 2 is 0.667 bits per heavy atom. The van der Waals surface area contributed by atoms with Crippen molar-refractivity contribution in [3.63, 3.8) is 0 Å². The summed E-state index contributed by atoms with van der Waals surface area (Å²) < 4.78 is 62.0. The lowest BCUT2D eigenvalue weighted by atomic mass is 10.5. The quantitative estimate of drug-likeness (QED) is 0.0640. The largest absolute Gasteiger partial charge is 0.437 e. The van der Waals surface area contributed by atoms with Crippen LogP contribution in [0.5, 0.6) is 0 Å². The maximum absolute atomic E-state index is 6.59. The predicted molar refractivity (Wildman–Crippen MR) is 190 cm³/mol. The van der Waals surface area contributed by atoms with Crippen LogP contribution >= 0.6 is 11.8 Å². The number of thioether (sulfide) groups is 1. The molecule has 0 aromatic carbocycles. The van der Waals surface area contributed by atoms with Crippen molar-refractivity contribution in [2.24, 2.45) is 0 Å². The second-order valence-corrected chi connectivity index (χ2v) is 26.6. The van der Waals surface area contributed by atoms with E-state index in [2.05, 4.69) is 45.8 Å². The molecule has 0 atom stereocenters. The van der Waals surface area contributed by atoms with E-state index in [9.17, 15) is 0 Å². The Morgan fingerprint density at radius 3 is 0.978 bits per heavy atom. The van der Waals surface area contributed by atoms with Crippen molar-refractivity contribution < 1.29 is 50.9 Å². The van der Waals surface area contributed by atoms with Gasteiger partial charge in [-0.2, -0.15) is 11.8 Å². The fourth-order valence-corrected chi connectivity index (χ4v) is 17.7. The molecule has 0 aliphatic rings. The van der Waals surface area contributed by atoms with Gasteiger partial charge in [-0.15, -0.1) is 0 Å². The first-order valence-corrected chi connectivity index (χ1v) is 27.1. The summed E-state index contributed by atoms with van der Waals surface area (Å²) in [5.41, 5.74) is 0. The highest BCUT2D eigenvalue weighted by molar-refractivity contribution is 7.99. The van der Waals surface area contributed by atoms with E-state index < -0.39 is 25.2 Å². The molecule has 15 heteroatoms. The van der Waals surface area contributed by atoms with Crippen molar-refractivity contribution in [2.45, 2.75) is 64.7 Å². The van der Waals surface area contributed by atoms with Crippen LogP contribution in [-0.2, 0) is 50.9 Å². The van der Waals surface area contributed by atoms with Crippen LogP contribution < -0.4 is 0 Å². The van der Waals surface area contributed by atoms with Gasteiger partial charge in [-0.1, -0.05) is 0 Å². The molecule has 0 radical (unpaired) electrons. The molecule has 0 amide bonds. The zero-order valence-electron chi connectivity index (χ0n) is 30.0. The Balaban J connectivity index is 3.33. The van der Waals surface area contributed by atoms with E-state index >= 15 is 0 Å². The number of ether oxygens (including phenoxy) is 9. The molecule has 0 heterocycles. The molecule has 0 bridgehead atoms. The van der Waals surface area contributed by atoms with E-state index in [1.165, 1.54) is 0 Å². The Labute approximate surface area is 282 Å². The Bertz CT molecular complexity index is 613. The smallest absolute Gasteiger partial charge is 0.314 e. The van der Waals surface area contributed by atoms with Crippen molar-refractivity contribution in [3.8, 4) is 0 Å². The summed E-state index contributed by atoms with van der Waals surface area (Å²) in [7, 11) is -3.69. The molecule has 0 fully saturated rings. The Morgan fingerprint density at radius 1 is 0.378 bits per heavy atom. The Kier molecular flexibility index (Phi) is 31.0. The van der Waals surface area contributed by atoms with E-state index in [1.54, 1.807) is 7.11 Å². The zero-order valence-corrected chi connectivity index (χ0v) is 33.8. The van der Waals surface area contributed by atoms with Gasteiger partial charge in [0.15, 0.2) is 16.6 Å². The van der Waals surface area contributed by atoms with Gasteiger partial charge < -0.3 is 50.9 Å². The number of hydrogen-bond acceptors (Lipinski definition) is 12. The third kappa shape index (κ3) is 37.2. The van der Waals surface area contributed by atoms with Crippen LogP contribution in [0.25, 0.3) is 0 Å². The maximum Gasteiger partial charge on any atom is 0.314 e. The third-order valence-corrected chi connectivity index (χ3v) is 16.3. The average Bonchev–Trinajstić information content (AvgIpc) is 2.94. The van der Waals surface area contributed by atoms with E-state index in [-0.39, 0.29) is 0 Å². The van der Waals surface area contributed by atoms with E-state index in [0.29, 0.717) is 106 Å². The second-order valence-electron chi connectivity index (χ2n) is 12.5. The molecule has 11 nitrogen and oxygen atoms in total. The van der Waals surface area contributed by atoms with E-state index in [0.717, 1.165) is 37.0 Å². The van der Waals surface area contributed by atoms with Crippen molar-refractivity contribution in [1.82, 2.24) is 0 Å². The predicted octanol–water partition coefficient (Wildman–Crippen LogP) is 5.05. The monoisotopic (exact) mass is 720 g/mol. The average molecular weight is 721 g/mol. The van der Waals surface area contributed by atoms with Gasteiger partial charge in [-0.05, 0) is 76.2 Å². The molecule has 0 saturated carbocycles. The van der Waals surface area contributed by atoms with Crippen LogP contribution in [0, 0.1) is 0 Å². The summed E-state index contributed by atoms with van der Waals surface area (Å²) in [6.45, 7) is 25.5. The van der Waals surface area contributed by atoms with Crippen molar-refractivity contribution in [1.29, 1.82) is 0 Å². The minimum atomic E-state index is -2.10. The lowest BCUT2D eigenvalue weighted by Crippen LogP contribution is -2.52. The summed E-state index contributed by atoms with van der Waals surface area (Å²) in [4.78, 5) is 0. The molecule has 0 saturated heterocycles. The number of rotatable bonds is 36. The van der Waals surface area contributed by atoms with Crippen LogP contribution in [0.4, 0.5) is 0 Å². The van der Waals surface area contributed by atoms with Crippen LogP contribution in [0.1, 0.15) is 12.8 Å². The highest BCUT2D eigenvalue weighted by Gasteiger charge is 2.39. The van der Waals surface area contributed by atoms with Crippen molar-refractivity contribution >= 4 is 37.0 Å². The van der Waals surface area contributed by atoms with Gasteiger partial charge in [0.1, 0.15) is 0 Å². The van der Waals surface area contributed by atoms with Gasteiger partial charge in [0, 0.05) is 13.7 Å². The fourth-order valence-electron chi connectivity index (χ4n) is 4.06. The number of hydrogen-bond donors (Lipinski definition) is 0. The molecule has 0 unspecified atom stereocenters. The molecule has 272 valence electrons. The third-order valence-electron chi connectivity index (χ3n) is 5.58. The van der Waals surface area contributed by atoms with Gasteiger partial charge >= 0.3 is 8.56 Å². The van der Waals surface area contributed by atoms with Crippen LogP contribution in [0.2, 0.25) is 51.9 Å². The first-order valence-electron chi connectivity index (χ1n) is 16.6. The van der Waals surface area contributed by atoms with Gasteiger partial charge in [0.05, 0.1) is 106 Å². The highest BCUT2D eigenvalue weighted by Crippen LogP contribution is 2.26. The molecular weight excluding hydrogens is 653 g/mol. The first kappa shape index (κ1) is 45.6. The van der Waals surface area contributed by atoms with Crippen LogP contribution in [-0.4, -0.2) is 156 Å². The normalized spacial score (nSPS) is 12.8. The number of methoxy groups -OCH3 is 1. The maximum atomic E-state index is 6.59. The lowest BCUT2D eigenvalue weighted by molar-refractivity contribution is -0.0242. The fraction of sp³-hybridized carbons (Fsp3) is 1.00. The molecular formula is C30H68O11SSi3. The minimum Gasteiger partial charge on any atom is -0.437 e. The summed E-state index contributed by atoms with van der Waals surface area (Å²) >= 11 is 2.00.